The molecule has 3 aromatic rings. The van der Waals surface area contributed by atoms with Crippen LogP contribution in [0.5, 0.6) is 5.75 Å². The minimum absolute atomic E-state index is 0.0837. The summed E-state index contributed by atoms with van der Waals surface area (Å²) in [5, 5.41) is 3.22. The van der Waals surface area contributed by atoms with Crippen LogP contribution in [-0.2, 0) is 22.5 Å². The second kappa shape index (κ2) is 11.9. The van der Waals surface area contributed by atoms with Crippen molar-refractivity contribution in [3.05, 3.63) is 76.8 Å². The van der Waals surface area contributed by atoms with Gasteiger partial charge in [-0.05, 0) is 31.2 Å². The average molecular weight is 450 g/mol. The lowest BCUT2D eigenvalue weighted by molar-refractivity contribution is -0.146. The van der Waals surface area contributed by atoms with Crippen LogP contribution in [0.3, 0.4) is 0 Å². The van der Waals surface area contributed by atoms with Gasteiger partial charge in [0, 0.05) is 30.3 Å². The second-order valence-electron chi connectivity index (χ2n) is 7.67. The van der Waals surface area contributed by atoms with Crippen LogP contribution in [-0.4, -0.2) is 35.3 Å². The van der Waals surface area contributed by atoms with E-state index in [2.05, 4.69) is 10.3 Å². The molecule has 3 rings (SSSR count). The van der Waals surface area contributed by atoms with Crippen LogP contribution in [0.4, 0.5) is 5.69 Å². The summed E-state index contributed by atoms with van der Waals surface area (Å²) in [7, 11) is 0. The highest BCUT2D eigenvalue weighted by molar-refractivity contribution is 5.72. The van der Waals surface area contributed by atoms with Gasteiger partial charge in [0.1, 0.15) is 18.2 Å². The summed E-state index contributed by atoms with van der Waals surface area (Å²) in [6.07, 6.45) is 0.653. The van der Waals surface area contributed by atoms with Gasteiger partial charge in [-0.3, -0.25) is 14.2 Å². The van der Waals surface area contributed by atoms with E-state index in [4.69, 9.17) is 9.47 Å². The van der Waals surface area contributed by atoms with Gasteiger partial charge in [0.2, 0.25) is 0 Å². The van der Waals surface area contributed by atoms with E-state index >= 15 is 0 Å². The Morgan fingerprint density at radius 2 is 1.82 bits per heavy atom. The van der Waals surface area contributed by atoms with Crippen LogP contribution in [0.2, 0.25) is 0 Å². The molecule has 2 aromatic carbocycles. The highest BCUT2D eigenvalue weighted by Crippen LogP contribution is 2.17. The van der Waals surface area contributed by atoms with Crippen LogP contribution >= 0.6 is 0 Å². The molecule has 0 fully saturated rings. The van der Waals surface area contributed by atoms with E-state index in [1.54, 1.807) is 17.6 Å². The normalized spacial score (nSPS) is 11.6. The number of nitrogens with one attached hydrogen (secondary N) is 1. The fourth-order valence-electron chi connectivity index (χ4n) is 3.38. The van der Waals surface area contributed by atoms with Gasteiger partial charge in [0.15, 0.2) is 0 Å². The topological polar surface area (TPSA) is 82.4 Å². The molecule has 0 amide bonds. The van der Waals surface area contributed by atoms with Crippen LogP contribution in [0.15, 0.2) is 65.5 Å². The minimum atomic E-state index is -0.228. The van der Waals surface area contributed by atoms with E-state index in [1.165, 1.54) is 0 Å². The van der Waals surface area contributed by atoms with Gasteiger partial charge in [0.05, 0.1) is 24.8 Å². The molecule has 0 saturated carbocycles. The zero-order valence-electron chi connectivity index (χ0n) is 19.4. The monoisotopic (exact) mass is 449 g/mol. The average Bonchev–Trinajstić information content (AvgIpc) is 2.84. The first kappa shape index (κ1) is 24.0. The number of nitrogens with zero attached hydrogens (tertiary/aromatic N) is 2. The van der Waals surface area contributed by atoms with Crippen molar-refractivity contribution in [3.63, 3.8) is 0 Å². The number of hydrogen-bond acceptors (Lipinski definition) is 6. The molecular formula is C26H31N3O4. The molecule has 0 spiro atoms. The van der Waals surface area contributed by atoms with Crippen molar-refractivity contribution in [2.24, 2.45) is 5.92 Å². The van der Waals surface area contributed by atoms with Crippen molar-refractivity contribution in [3.8, 4) is 17.0 Å². The summed E-state index contributed by atoms with van der Waals surface area (Å²) in [5.74, 6) is 1.01. The lowest BCUT2D eigenvalue weighted by Crippen LogP contribution is -2.27. The maximum Gasteiger partial charge on any atom is 0.310 e. The van der Waals surface area contributed by atoms with Gasteiger partial charge in [-0.15, -0.1) is 0 Å². The molecule has 1 unspecified atom stereocenters. The van der Waals surface area contributed by atoms with E-state index in [0.29, 0.717) is 44.2 Å². The molecule has 174 valence electrons. The lowest BCUT2D eigenvalue weighted by atomic mass is 10.1. The first-order valence-corrected chi connectivity index (χ1v) is 11.3. The maximum absolute atomic E-state index is 12.7. The smallest absolute Gasteiger partial charge is 0.310 e. The fraction of sp³-hybridized carbons (Fsp3) is 0.346. The second-order valence-corrected chi connectivity index (χ2v) is 7.67. The van der Waals surface area contributed by atoms with Crippen molar-refractivity contribution in [2.75, 3.05) is 25.1 Å². The van der Waals surface area contributed by atoms with Crippen LogP contribution in [0.1, 0.15) is 26.6 Å². The Labute approximate surface area is 194 Å². The van der Waals surface area contributed by atoms with Crippen LogP contribution in [0, 0.1) is 5.92 Å². The molecule has 0 radical (unpaired) electrons. The largest absolute Gasteiger partial charge is 0.492 e. The van der Waals surface area contributed by atoms with E-state index < -0.39 is 0 Å². The third-order valence-electron chi connectivity index (χ3n) is 5.21. The Bertz CT molecular complexity index is 1090. The molecule has 0 aliphatic carbocycles. The predicted molar refractivity (Wildman–Crippen MR) is 130 cm³/mol. The van der Waals surface area contributed by atoms with Crippen molar-refractivity contribution in [2.45, 2.75) is 33.7 Å². The molecule has 1 heterocycles. The minimum Gasteiger partial charge on any atom is -0.492 e. The first-order valence-electron chi connectivity index (χ1n) is 11.3. The zero-order chi connectivity index (χ0) is 23.6. The third kappa shape index (κ3) is 6.68. The summed E-state index contributed by atoms with van der Waals surface area (Å²) in [6.45, 7) is 7.26. The number of esters is 1. The molecule has 1 N–H and O–H groups in total. The van der Waals surface area contributed by atoms with Gasteiger partial charge in [-0.25, -0.2) is 4.98 Å². The Morgan fingerprint density at radius 1 is 1.09 bits per heavy atom. The maximum atomic E-state index is 12.7. The number of aromatic nitrogens is 2. The molecule has 0 bridgehead atoms. The summed E-state index contributed by atoms with van der Waals surface area (Å²) >= 11 is 0. The predicted octanol–water partition coefficient (Wildman–Crippen LogP) is 4.16. The van der Waals surface area contributed by atoms with Crippen molar-refractivity contribution in [1.29, 1.82) is 0 Å². The third-order valence-corrected chi connectivity index (χ3v) is 5.21. The Hall–Kier alpha value is -3.61. The zero-order valence-corrected chi connectivity index (χ0v) is 19.4. The Balaban J connectivity index is 1.56. The molecule has 0 saturated heterocycles. The number of carbonyl (C=O) groups excluding carboxylic acids is 1. The summed E-state index contributed by atoms with van der Waals surface area (Å²) in [6, 6.07) is 18.8. The molecule has 1 atom stereocenters. The quantitative estimate of drug-likeness (QED) is 0.443. The summed E-state index contributed by atoms with van der Waals surface area (Å²) in [4.78, 5) is 29.1. The summed E-state index contributed by atoms with van der Waals surface area (Å²) < 4.78 is 12.5. The number of hydrogen-bond donors (Lipinski definition) is 1. The molecule has 1 aromatic heterocycles. The number of rotatable bonds is 11. The Kier molecular flexibility index (Phi) is 8.63. The SMILES string of the molecule is CCOC(=O)C(C)CNc1ccc(OCCn2c(CC)nc(-c3ccccc3)cc2=O)cc1. The number of benzene rings is 2. The molecule has 7 nitrogen and oxygen atoms in total. The molecular weight excluding hydrogens is 418 g/mol. The van der Waals surface area contributed by atoms with Crippen molar-refractivity contribution >= 4 is 11.7 Å². The molecule has 7 heteroatoms. The Morgan fingerprint density at radius 3 is 2.48 bits per heavy atom. The van der Waals surface area contributed by atoms with Crippen molar-refractivity contribution in [1.82, 2.24) is 9.55 Å². The van der Waals surface area contributed by atoms with Gasteiger partial charge in [-0.1, -0.05) is 44.2 Å². The molecule has 0 aliphatic heterocycles. The fourth-order valence-corrected chi connectivity index (χ4v) is 3.38. The van der Waals surface area contributed by atoms with Gasteiger partial charge < -0.3 is 14.8 Å². The van der Waals surface area contributed by atoms with E-state index in [0.717, 1.165) is 17.1 Å². The first-order chi connectivity index (χ1) is 16.0. The van der Waals surface area contributed by atoms with Crippen LogP contribution in [0.25, 0.3) is 11.3 Å². The number of ether oxygens (including phenoxy) is 2. The van der Waals surface area contributed by atoms with E-state index in [1.807, 2.05) is 68.4 Å². The number of aryl methyl sites for hydroxylation is 1. The number of carbonyl (C=O) groups is 1. The summed E-state index contributed by atoms with van der Waals surface area (Å²) in [5.41, 5.74) is 2.43. The van der Waals surface area contributed by atoms with Gasteiger partial charge >= 0.3 is 5.97 Å². The van der Waals surface area contributed by atoms with Crippen LogP contribution < -0.4 is 15.6 Å². The van der Waals surface area contributed by atoms with E-state index in [-0.39, 0.29) is 17.4 Å². The van der Waals surface area contributed by atoms with Gasteiger partial charge in [0.25, 0.3) is 5.56 Å². The molecule has 0 aliphatic rings. The lowest BCUT2D eigenvalue weighted by Gasteiger charge is -2.14. The van der Waals surface area contributed by atoms with Crippen molar-refractivity contribution < 1.29 is 14.3 Å². The van der Waals surface area contributed by atoms with E-state index in [9.17, 15) is 9.59 Å². The highest BCUT2D eigenvalue weighted by Gasteiger charge is 2.13. The molecule has 33 heavy (non-hydrogen) atoms. The highest BCUT2D eigenvalue weighted by atomic mass is 16.5. The standard InChI is InChI=1S/C26H31N3O4/c1-4-24-28-23(20-9-7-6-8-10-20)17-25(30)29(24)15-16-33-22-13-11-21(12-14-22)27-18-19(3)26(31)32-5-2/h6-14,17,19,27H,4-5,15-16,18H2,1-3H3. The van der Waals surface area contributed by atoms with Gasteiger partial charge in [-0.2, -0.15) is 0 Å². The number of anilines is 1.